The van der Waals surface area contributed by atoms with Gasteiger partial charge in [0.25, 0.3) is 0 Å². The SMILES string of the molecule is CC(C)(C)NS(=O)(=O)c1ccc(CN)cc1F. The molecule has 0 bridgehead atoms. The van der Waals surface area contributed by atoms with E-state index in [0.29, 0.717) is 5.56 Å². The van der Waals surface area contributed by atoms with Crippen molar-refractivity contribution in [2.45, 2.75) is 37.8 Å². The van der Waals surface area contributed by atoms with Gasteiger partial charge >= 0.3 is 0 Å². The molecule has 4 nitrogen and oxygen atoms in total. The van der Waals surface area contributed by atoms with E-state index in [-0.39, 0.29) is 11.4 Å². The van der Waals surface area contributed by atoms with Gasteiger partial charge in [0.05, 0.1) is 0 Å². The minimum atomic E-state index is -3.84. The molecule has 0 radical (unpaired) electrons. The smallest absolute Gasteiger partial charge is 0.243 e. The van der Waals surface area contributed by atoms with E-state index >= 15 is 0 Å². The first-order chi connectivity index (χ1) is 7.65. The number of hydrogen-bond donors (Lipinski definition) is 2. The molecule has 17 heavy (non-hydrogen) atoms. The maximum absolute atomic E-state index is 13.6. The van der Waals surface area contributed by atoms with Crippen molar-refractivity contribution < 1.29 is 12.8 Å². The van der Waals surface area contributed by atoms with Crippen LogP contribution in [0.4, 0.5) is 4.39 Å². The molecule has 0 atom stereocenters. The molecule has 0 heterocycles. The van der Waals surface area contributed by atoms with Gasteiger partial charge in [-0.3, -0.25) is 0 Å². The lowest BCUT2D eigenvalue weighted by Crippen LogP contribution is -2.40. The number of halogens is 1. The summed E-state index contributed by atoms with van der Waals surface area (Å²) in [7, 11) is -3.84. The summed E-state index contributed by atoms with van der Waals surface area (Å²) in [4.78, 5) is -0.357. The Bertz CT molecular complexity index is 507. The van der Waals surface area contributed by atoms with Gasteiger partial charge in [0, 0.05) is 12.1 Å². The summed E-state index contributed by atoms with van der Waals surface area (Å²) >= 11 is 0. The highest BCUT2D eigenvalue weighted by Crippen LogP contribution is 2.17. The summed E-state index contributed by atoms with van der Waals surface area (Å²) in [5.41, 5.74) is 5.25. The molecule has 6 heteroatoms. The molecule has 0 aliphatic carbocycles. The highest BCUT2D eigenvalue weighted by molar-refractivity contribution is 7.89. The monoisotopic (exact) mass is 260 g/mol. The molecule has 3 N–H and O–H groups in total. The predicted octanol–water partition coefficient (Wildman–Crippen LogP) is 1.36. The summed E-state index contributed by atoms with van der Waals surface area (Å²) in [5.74, 6) is -0.787. The molecular weight excluding hydrogens is 243 g/mol. The maximum Gasteiger partial charge on any atom is 0.243 e. The molecule has 1 aromatic carbocycles. The van der Waals surface area contributed by atoms with Crippen LogP contribution in [-0.4, -0.2) is 14.0 Å². The van der Waals surface area contributed by atoms with Crippen LogP contribution in [0.2, 0.25) is 0 Å². The molecule has 0 spiro atoms. The van der Waals surface area contributed by atoms with Crippen molar-refractivity contribution in [2.75, 3.05) is 0 Å². The van der Waals surface area contributed by atoms with E-state index in [2.05, 4.69) is 4.72 Å². The molecule has 0 saturated heterocycles. The van der Waals surface area contributed by atoms with Crippen molar-refractivity contribution in [1.82, 2.24) is 4.72 Å². The van der Waals surface area contributed by atoms with Gasteiger partial charge < -0.3 is 5.73 Å². The average Bonchev–Trinajstić information content (AvgIpc) is 2.13. The summed E-state index contributed by atoms with van der Waals surface area (Å²) in [6.45, 7) is 5.24. The van der Waals surface area contributed by atoms with E-state index in [1.807, 2.05) is 0 Å². The Hall–Kier alpha value is -0.980. The third-order valence-corrected chi connectivity index (χ3v) is 3.75. The highest BCUT2D eigenvalue weighted by Gasteiger charge is 2.24. The van der Waals surface area contributed by atoms with Crippen molar-refractivity contribution in [3.8, 4) is 0 Å². The lowest BCUT2D eigenvalue weighted by atomic mass is 10.1. The van der Waals surface area contributed by atoms with E-state index in [1.165, 1.54) is 12.1 Å². The zero-order valence-electron chi connectivity index (χ0n) is 10.1. The molecule has 0 aliphatic rings. The Kier molecular flexibility index (Phi) is 3.91. The molecule has 0 fully saturated rings. The van der Waals surface area contributed by atoms with Crippen LogP contribution in [0.5, 0.6) is 0 Å². The molecule has 0 amide bonds. The first-order valence-corrected chi connectivity index (χ1v) is 6.66. The molecule has 1 aromatic rings. The van der Waals surface area contributed by atoms with Crippen LogP contribution in [0, 0.1) is 5.82 Å². The average molecular weight is 260 g/mol. The number of hydrogen-bond acceptors (Lipinski definition) is 3. The van der Waals surface area contributed by atoms with Gasteiger partial charge in [0.1, 0.15) is 10.7 Å². The standard InChI is InChI=1S/C11H17FN2O2S/c1-11(2,3)14-17(15,16)10-5-4-8(7-13)6-9(10)12/h4-6,14H,7,13H2,1-3H3. The topological polar surface area (TPSA) is 72.2 Å². The predicted molar refractivity (Wildman–Crippen MR) is 64.4 cm³/mol. The molecule has 0 aromatic heterocycles. The van der Waals surface area contributed by atoms with Gasteiger partial charge in [-0.05, 0) is 38.5 Å². The second kappa shape index (κ2) is 4.72. The molecule has 0 saturated carbocycles. The van der Waals surface area contributed by atoms with Crippen molar-refractivity contribution in [1.29, 1.82) is 0 Å². The molecule has 96 valence electrons. The minimum absolute atomic E-state index is 0.171. The van der Waals surface area contributed by atoms with Crippen LogP contribution >= 0.6 is 0 Å². The lowest BCUT2D eigenvalue weighted by Gasteiger charge is -2.20. The maximum atomic E-state index is 13.6. The summed E-state index contributed by atoms with van der Waals surface area (Å²) in [5, 5.41) is 0. The zero-order chi connectivity index (χ0) is 13.3. The zero-order valence-corrected chi connectivity index (χ0v) is 10.9. The van der Waals surface area contributed by atoms with Gasteiger partial charge in [-0.2, -0.15) is 0 Å². The summed E-state index contributed by atoms with van der Waals surface area (Å²) < 4.78 is 39.8. The number of nitrogens with one attached hydrogen (secondary N) is 1. The number of nitrogens with two attached hydrogens (primary N) is 1. The second-order valence-corrected chi connectivity index (χ2v) is 6.48. The van der Waals surface area contributed by atoms with E-state index in [4.69, 9.17) is 5.73 Å². The third kappa shape index (κ3) is 3.76. The lowest BCUT2D eigenvalue weighted by molar-refractivity contribution is 0.486. The minimum Gasteiger partial charge on any atom is -0.326 e. The van der Waals surface area contributed by atoms with Gasteiger partial charge in [0.15, 0.2) is 0 Å². The van der Waals surface area contributed by atoms with Gasteiger partial charge in [0.2, 0.25) is 10.0 Å². The Morgan fingerprint density at radius 2 is 1.94 bits per heavy atom. The van der Waals surface area contributed by atoms with E-state index in [1.54, 1.807) is 20.8 Å². The Balaban J connectivity index is 3.16. The number of sulfonamides is 1. The van der Waals surface area contributed by atoms with Crippen molar-refractivity contribution in [3.63, 3.8) is 0 Å². The van der Waals surface area contributed by atoms with Crippen LogP contribution in [0.3, 0.4) is 0 Å². The van der Waals surface area contributed by atoms with Crippen LogP contribution in [0.15, 0.2) is 23.1 Å². The van der Waals surface area contributed by atoms with Crippen LogP contribution in [0.1, 0.15) is 26.3 Å². The van der Waals surface area contributed by atoms with Crippen molar-refractivity contribution in [3.05, 3.63) is 29.6 Å². The molecule has 0 unspecified atom stereocenters. The fourth-order valence-corrected chi connectivity index (χ4v) is 2.83. The van der Waals surface area contributed by atoms with Gasteiger partial charge in [-0.15, -0.1) is 0 Å². The third-order valence-electron chi connectivity index (χ3n) is 1.96. The first-order valence-electron chi connectivity index (χ1n) is 5.18. The highest BCUT2D eigenvalue weighted by atomic mass is 32.2. The molecule has 1 rings (SSSR count). The van der Waals surface area contributed by atoms with Crippen molar-refractivity contribution in [2.24, 2.45) is 5.73 Å². The normalized spacial score (nSPS) is 12.8. The number of rotatable bonds is 3. The van der Waals surface area contributed by atoms with Crippen LogP contribution in [-0.2, 0) is 16.6 Å². The van der Waals surface area contributed by atoms with Crippen molar-refractivity contribution >= 4 is 10.0 Å². The van der Waals surface area contributed by atoms with Crippen LogP contribution < -0.4 is 10.5 Å². The second-order valence-electron chi connectivity index (χ2n) is 4.82. The molecular formula is C11H17FN2O2S. The molecule has 0 aliphatic heterocycles. The van der Waals surface area contributed by atoms with Gasteiger partial charge in [-0.25, -0.2) is 17.5 Å². The quantitative estimate of drug-likeness (QED) is 0.862. The number of benzene rings is 1. The van der Waals surface area contributed by atoms with Gasteiger partial charge in [-0.1, -0.05) is 6.07 Å². The Morgan fingerprint density at radius 3 is 2.35 bits per heavy atom. The fourth-order valence-electron chi connectivity index (χ4n) is 1.35. The summed E-state index contributed by atoms with van der Waals surface area (Å²) in [6, 6.07) is 3.86. The van der Waals surface area contributed by atoms with E-state index in [0.717, 1.165) is 6.07 Å². The largest absolute Gasteiger partial charge is 0.326 e. The Labute approximate surface area is 101 Å². The van der Waals surface area contributed by atoms with Crippen LogP contribution in [0.25, 0.3) is 0 Å². The first kappa shape index (κ1) is 14.1. The summed E-state index contributed by atoms with van der Waals surface area (Å²) in [6.07, 6.45) is 0. The Morgan fingerprint density at radius 1 is 1.35 bits per heavy atom. The fraction of sp³-hybridized carbons (Fsp3) is 0.455. The van der Waals surface area contributed by atoms with E-state index < -0.39 is 21.4 Å². The van der Waals surface area contributed by atoms with E-state index in [9.17, 15) is 12.8 Å².